The standard InChI is InChI=1S/C10H15NO.C4H6O6/c1-8(11-2)10(12)9-6-4-3-5-7-9;5-1(3(7)8)2(6)4(9)10/h3-8,10-12H,1-2H3;1-2,5-6H,(H,7,8)(H,9,10)/t8-,10-;1-,2-/m00/s1. The largest absolute Gasteiger partial charge is 0.547 e. The third kappa shape index (κ3) is 6.64. The number of carboxylic acids is 2. The van der Waals surface area contributed by atoms with Crippen LogP contribution in [0.5, 0.6) is 0 Å². The fourth-order valence-electron chi connectivity index (χ4n) is 1.40. The van der Waals surface area contributed by atoms with E-state index in [1.807, 2.05) is 49.6 Å². The van der Waals surface area contributed by atoms with Crippen molar-refractivity contribution in [2.75, 3.05) is 7.05 Å². The van der Waals surface area contributed by atoms with Gasteiger partial charge in [0.1, 0.15) is 18.2 Å². The van der Waals surface area contributed by atoms with Crippen LogP contribution in [0.3, 0.4) is 0 Å². The zero-order chi connectivity index (χ0) is 17.3. The number of benzene rings is 1. The Balaban J connectivity index is 0.000000409. The summed E-state index contributed by atoms with van der Waals surface area (Å²) < 4.78 is 0. The first-order valence-corrected chi connectivity index (χ1v) is 6.54. The number of quaternary nitrogens is 1. The number of carbonyl (C=O) groups excluding carboxylic acids is 1. The van der Waals surface area contributed by atoms with Gasteiger partial charge in [-0.2, -0.15) is 0 Å². The summed E-state index contributed by atoms with van der Waals surface area (Å²) in [5.74, 6) is -3.83. The maximum absolute atomic E-state index is 9.76. The lowest BCUT2D eigenvalue weighted by Crippen LogP contribution is -2.86. The minimum absolute atomic E-state index is 0.215. The number of carbonyl (C=O) groups is 2. The first kappa shape index (κ1) is 20.0. The van der Waals surface area contributed by atoms with Gasteiger partial charge in [-0.05, 0) is 12.5 Å². The third-order valence-electron chi connectivity index (χ3n) is 2.96. The minimum Gasteiger partial charge on any atom is -0.547 e. The molecular formula is C14H21NO7. The highest BCUT2D eigenvalue weighted by Crippen LogP contribution is 2.13. The zero-order valence-corrected chi connectivity index (χ0v) is 12.3. The molecule has 0 fully saturated rings. The summed E-state index contributed by atoms with van der Waals surface area (Å²) in [7, 11) is 1.97. The van der Waals surface area contributed by atoms with Crippen LogP contribution in [0.2, 0.25) is 0 Å². The Hall–Kier alpha value is -2.00. The van der Waals surface area contributed by atoms with Gasteiger partial charge in [-0.15, -0.1) is 0 Å². The van der Waals surface area contributed by atoms with Gasteiger partial charge in [0.25, 0.3) is 0 Å². The molecule has 8 heteroatoms. The molecule has 1 aromatic rings. The topological polar surface area (TPSA) is 155 Å². The van der Waals surface area contributed by atoms with E-state index in [2.05, 4.69) is 0 Å². The SMILES string of the molecule is C[NH2+][C@@H](C)[C@H](O)c1ccccc1.O=C([O-])[C@@H](O)[C@H](O)C(=O)O. The van der Waals surface area contributed by atoms with Crippen LogP contribution in [-0.2, 0) is 9.59 Å². The number of carboxylic acid groups (broad SMARTS) is 2. The van der Waals surface area contributed by atoms with Gasteiger partial charge in [0.2, 0.25) is 0 Å². The van der Waals surface area contributed by atoms with Gasteiger partial charge in [-0.3, -0.25) is 0 Å². The van der Waals surface area contributed by atoms with E-state index in [0.29, 0.717) is 0 Å². The summed E-state index contributed by atoms with van der Waals surface area (Å²) >= 11 is 0. The molecule has 8 nitrogen and oxygen atoms in total. The van der Waals surface area contributed by atoms with Crippen molar-refractivity contribution in [3.8, 4) is 0 Å². The van der Waals surface area contributed by atoms with Gasteiger partial charge in [0.15, 0.2) is 6.10 Å². The van der Waals surface area contributed by atoms with Gasteiger partial charge in [-0.1, -0.05) is 30.3 Å². The predicted molar refractivity (Wildman–Crippen MR) is 73.4 cm³/mol. The fourth-order valence-corrected chi connectivity index (χ4v) is 1.40. The molecule has 0 aliphatic heterocycles. The van der Waals surface area contributed by atoms with E-state index in [1.165, 1.54) is 0 Å². The summed E-state index contributed by atoms with van der Waals surface area (Å²) in [6, 6.07) is 9.96. The highest BCUT2D eigenvalue weighted by Gasteiger charge is 2.24. The van der Waals surface area contributed by atoms with Gasteiger partial charge < -0.3 is 35.6 Å². The van der Waals surface area contributed by atoms with Crippen molar-refractivity contribution in [2.45, 2.75) is 31.3 Å². The maximum Gasteiger partial charge on any atom is 0.335 e. The number of rotatable bonds is 6. The fraction of sp³-hybridized carbons (Fsp3) is 0.429. The lowest BCUT2D eigenvalue weighted by molar-refractivity contribution is -0.669. The quantitative estimate of drug-likeness (QED) is 0.371. The Kier molecular flexibility index (Phi) is 8.95. The molecule has 0 heterocycles. The number of aliphatic hydroxyl groups excluding tert-OH is 3. The Bertz CT molecular complexity index is 448. The molecule has 0 radical (unpaired) electrons. The summed E-state index contributed by atoms with van der Waals surface area (Å²) in [6.45, 7) is 2.01. The zero-order valence-electron chi connectivity index (χ0n) is 12.3. The predicted octanol–water partition coefficient (Wildman–Crippen LogP) is -3.16. The van der Waals surface area contributed by atoms with Crippen molar-refractivity contribution in [1.82, 2.24) is 0 Å². The Labute approximate surface area is 127 Å². The molecule has 0 aromatic heterocycles. The van der Waals surface area contributed by atoms with Crippen LogP contribution in [-0.4, -0.2) is 57.7 Å². The minimum atomic E-state index is -2.38. The van der Waals surface area contributed by atoms with Crippen molar-refractivity contribution in [3.05, 3.63) is 35.9 Å². The molecule has 0 bridgehead atoms. The highest BCUT2D eigenvalue weighted by atomic mass is 16.4. The summed E-state index contributed by atoms with van der Waals surface area (Å²) in [6.07, 6.45) is -5.07. The van der Waals surface area contributed by atoms with Crippen molar-refractivity contribution in [1.29, 1.82) is 0 Å². The Morgan fingerprint density at radius 2 is 1.59 bits per heavy atom. The molecule has 0 amide bonds. The Morgan fingerprint density at radius 1 is 1.09 bits per heavy atom. The molecule has 6 N–H and O–H groups in total. The first-order valence-electron chi connectivity index (χ1n) is 6.54. The molecule has 1 aromatic carbocycles. The molecule has 0 spiro atoms. The van der Waals surface area contributed by atoms with Crippen LogP contribution >= 0.6 is 0 Å². The average molecular weight is 315 g/mol. The number of hydrogen-bond donors (Lipinski definition) is 5. The summed E-state index contributed by atoms with van der Waals surface area (Å²) in [4.78, 5) is 19.4. The van der Waals surface area contributed by atoms with E-state index in [0.717, 1.165) is 5.56 Å². The smallest absolute Gasteiger partial charge is 0.335 e. The van der Waals surface area contributed by atoms with Crippen LogP contribution in [0.15, 0.2) is 30.3 Å². The molecule has 22 heavy (non-hydrogen) atoms. The van der Waals surface area contributed by atoms with E-state index >= 15 is 0 Å². The van der Waals surface area contributed by atoms with Crippen LogP contribution in [0.1, 0.15) is 18.6 Å². The molecule has 0 saturated carbocycles. The van der Waals surface area contributed by atoms with Crippen molar-refractivity contribution < 1.29 is 40.4 Å². The number of aliphatic carboxylic acids is 2. The van der Waals surface area contributed by atoms with Crippen molar-refractivity contribution in [2.24, 2.45) is 0 Å². The molecule has 1 rings (SSSR count). The van der Waals surface area contributed by atoms with Crippen LogP contribution in [0, 0.1) is 0 Å². The number of nitrogens with two attached hydrogens (primary N) is 1. The second-order valence-corrected chi connectivity index (χ2v) is 4.59. The lowest BCUT2D eigenvalue weighted by atomic mass is 10.0. The van der Waals surface area contributed by atoms with Gasteiger partial charge in [0, 0.05) is 0 Å². The number of likely N-dealkylation sites (N-methyl/N-ethyl adjacent to an activating group) is 1. The van der Waals surface area contributed by atoms with Crippen molar-refractivity contribution >= 4 is 11.9 Å². The summed E-state index contributed by atoms with van der Waals surface area (Å²) in [5.41, 5.74) is 0.989. The van der Waals surface area contributed by atoms with E-state index in [9.17, 15) is 19.8 Å². The molecule has 0 aliphatic rings. The summed E-state index contributed by atoms with van der Waals surface area (Å²) in [5, 5.41) is 45.9. The van der Waals surface area contributed by atoms with Crippen LogP contribution < -0.4 is 10.4 Å². The van der Waals surface area contributed by atoms with E-state index < -0.39 is 24.1 Å². The van der Waals surface area contributed by atoms with Gasteiger partial charge >= 0.3 is 5.97 Å². The van der Waals surface area contributed by atoms with E-state index in [-0.39, 0.29) is 12.1 Å². The molecular weight excluding hydrogens is 294 g/mol. The Morgan fingerprint density at radius 3 is 1.91 bits per heavy atom. The van der Waals surface area contributed by atoms with Crippen LogP contribution in [0.4, 0.5) is 0 Å². The second-order valence-electron chi connectivity index (χ2n) is 4.59. The number of hydrogen-bond acceptors (Lipinski definition) is 6. The average Bonchev–Trinajstić information content (AvgIpc) is 2.53. The lowest BCUT2D eigenvalue weighted by Gasteiger charge is -2.15. The van der Waals surface area contributed by atoms with Crippen molar-refractivity contribution in [3.63, 3.8) is 0 Å². The molecule has 0 saturated heterocycles. The normalized spacial score (nSPS) is 15.7. The first-order chi connectivity index (χ1) is 10.2. The highest BCUT2D eigenvalue weighted by molar-refractivity contribution is 5.82. The molecule has 4 atom stereocenters. The van der Waals surface area contributed by atoms with E-state index in [1.54, 1.807) is 0 Å². The van der Waals surface area contributed by atoms with Gasteiger partial charge in [-0.25, -0.2) is 4.79 Å². The number of aliphatic hydroxyl groups is 3. The van der Waals surface area contributed by atoms with Crippen LogP contribution in [0.25, 0.3) is 0 Å². The second kappa shape index (κ2) is 9.85. The third-order valence-corrected chi connectivity index (χ3v) is 2.96. The van der Waals surface area contributed by atoms with Gasteiger partial charge in [0.05, 0.1) is 13.0 Å². The van der Waals surface area contributed by atoms with E-state index in [4.69, 9.17) is 15.3 Å². The maximum atomic E-state index is 9.76. The molecule has 0 aliphatic carbocycles. The molecule has 124 valence electrons. The monoisotopic (exact) mass is 315 g/mol. The molecule has 0 unspecified atom stereocenters.